The molecule has 4 saturated carbocycles. The molecule has 6 heteroatoms. The van der Waals surface area contributed by atoms with Crippen LogP contribution in [0.3, 0.4) is 0 Å². The van der Waals surface area contributed by atoms with Gasteiger partial charge in [-0.15, -0.1) is 0 Å². The zero-order chi connectivity index (χ0) is 18.1. The standard InChI is InChI=1S/C20H21F3N2O/c21-20(22,23)18-24-15-3-1-2-4-16(15)25(18)11-17(26)19-8-12-5-13(9-19)7-14(6-12)10-19/h1-4,12-14H,5-11H2. The van der Waals surface area contributed by atoms with Gasteiger partial charge in [0, 0.05) is 5.41 Å². The number of hydrogen-bond acceptors (Lipinski definition) is 2. The number of rotatable bonds is 3. The molecule has 4 aliphatic rings. The lowest BCUT2D eigenvalue weighted by Crippen LogP contribution is -2.50. The summed E-state index contributed by atoms with van der Waals surface area (Å²) in [4.78, 5) is 17.0. The van der Waals surface area contributed by atoms with E-state index in [4.69, 9.17) is 0 Å². The predicted molar refractivity (Wildman–Crippen MR) is 90.3 cm³/mol. The molecule has 0 aliphatic heterocycles. The Morgan fingerprint density at radius 1 is 1.08 bits per heavy atom. The van der Waals surface area contributed by atoms with Crippen molar-refractivity contribution in [3.8, 4) is 0 Å². The number of carbonyl (C=O) groups is 1. The minimum absolute atomic E-state index is 0.0229. The minimum Gasteiger partial charge on any atom is -0.313 e. The highest BCUT2D eigenvalue weighted by molar-refractivity contribution is 5.87. The van der Waals surface area contributed by atoms with Crippen LogP contribution < -0.4 is 0 Å². The number of imidazole rings is 1. The maximum Gasteiger partial charge on any atom is 0.449 e. The van der Waals surface area contributed by atoms with Crippen molar-refractivity contribution >= 4 is 16.8 Å². The zero-order valence-corrected chi connectivity index (χ0v) is 14.4. The first-order valence-electron chi connectivity index (χ1n) is 9.40. The highest BCUT2D eigenvalue weighted by Crippen LogP contribution is 2.60. The second-order valence-electron chi connectivity index (χ2n) is 8.63. The lowest BCUT2D eigenvalue weighted by Gasteiger charge is -2.56. The fourth-order valence-corrected chi connectivity index (χ4v) is 6.22. The number of Topliss-reactive ketones (excluding diaryl/α,β-unsaturated/α-hetero) is 1. The third-order valence-corrected chi connectivity index (χ3v) is 6.84. The molecule has 0 unspecified atom stereocenters. The molecule has 1 aromatic heterocycles. The summed E-state index contributed by atoms with van der Waals surface area (Å²) in [6, 6.07) is 6.54. The second kappa shape index (κ2) is 5.33. The molecule has 3 nitrogen and oxygen atoms in total. The third kappa shape index (κ3) is 2.41. The number of para-hydroxylation sites is 2. The smallest absolute Gasteiger partial charge is 0.313 e. The Morgan fingerprint density at radius 3 is 2.23 bits per heavy atom. The van der Waals surface area contributed by atoms with Gasteiger partial charge in [0.2, 0.25) is 5.82 Å². The molecule has 138 valence electrons. The number of alkyl halides is 3. The number of halogens is 3. The van der Waals surface area contributed by atoms with E-state index in [1.807, 2.05) is 0 Å². The highest BCUT2D eigenvalue weighted by atomic mass is 19.4. The largest absolute Gasteiger partial charge is 0.449 e. The van der Waals surface area contributed by atoms with Crippen LogP contribution in [0.4, 0.5) is 13.2 Å². The normalized spacial score (nSPS) is 33.1. The number of ketones is 1. The van der Waals surface area contributed by atoms with Gasteiger partial charge >= 0.3 is 6.18 Å². The lowest BCUT2D eigenvalue weighted by molar-refractivity contribution is -0.150. The van der Waals surface area contributed by atoms with Gasteiger partial charge in [0.15, 0.2) is 5.78 Å². The Morgan fingerprint density at radius 2 is 1.65 bits per heavy atom. The summed E-state index contributed by atoms with van der Waals surface area (Å²) < 4.78 is 41.6. The fraction of sp³-hybridized carbons (Fsp3) is 0.600. The van der Waals surface area contributed by atoms with E-state index in [1.54, 1.807) is 24.3 Å². The number of benzene rings is 1. The molecule has 4 fully saturated rings. The van der Waals surface area contributed by atoms with Crippen LogP contribution in [0.2, 0.25) is 0 Å². The molecule has 0 atom stereocenters. The van der Waals surface area contributed by atoms with Gasteiger partial charge in [0.1, 0.15) is 0 Å². The first-order chi connectivity index (χ1) is 12.3. The Balaban J connectivity index is 1.53. The number of carbonyl (C=O) groups excluding carboxylic acids is 1. The van der Waals surface area contributed by atoms with Crippen molar-refractivity contribution in [3.05, 3.63) is 30.1 Å². The first-order valence-corrected chi connectivity index (χ1v) is 9.40. The molecule has 26 heavy (non-hydrogen) atoms. The van der Waals surface area contributed by atoms with Crippen molar-refractivity contribution < 1.29 is 18.0 Å². The molecular weight excluding hydrogens is 341 g/mol. The second-order valence-corrected chi connectivity index (χ2v) is 8.63. The maximum absolute atomic E-state index is 13.5. The Bertz CT molecular complexity index is 848. The van der Waals surface area contributed by atoms with Crippen LogP contribution in [0, 0.1) is 23.2 Å². The van der Waals surface area contributed by atoms with Gasteiger partial charge in [-0.3, -0.25) is 4.79 Å². The molecule has 0 N–H and O–H groups in total. The fourth-order valence-electron chi connectivity index (χ4n) is 6.22. The van der Waals surface area contributed by atoms with Crippen LogP contribution in [0.25, 0.3) is 11.0 Å². The molecule has 1 aromatic carbocycles. The Hall–Kier alpha value is -1.85. The minimum atomic E-state index is -4.57. The van der Waals surface area contributed by atoms with E-state index < -0.39 is 17.4 Å². The summed E-state index contributed by atoms with van der Waals surface area (Å²) in [7, 11) is 0. The predicted octanol–water partition coefficient (Wildman–Crippen LogP) is 4.84. The van der Waals surface area contributed by atoms with Crippen molar-refractivity contribution in [3.63, 3.8) is 0 Å². The summed E-state index contributed by atoms with van der Waals surface area (Å²) in [5.74, 6) is 0.785. The van der Waals surface area contributed by atoms with Crippen molar-refractivity contribution in [2.45, 2.75) is 51.2 Å². The quantitative estimate of drug-likeness (QED) is 0.783. The summed E-state index contributed by atoms with van der Waals surface area (Å²) in [5.41, 5.74) is 0.277. The molecule has 0 spiro atoms. The van der Waals surface area contributed by atoms with Gasteiger partial charge in [0.05, 0.1) is 17.6 Å². The number of nitrogens with zero attached hydrogens (tertiary/aromatic N) is 2. The molecule has 6 rings (SSSR count). The van der Waals surface area contributed by atoms with Gasteiger partial charge < -0.3 is 4.57 Å². The SMILES string of the molecule is O=C(Cn1c(C(F)(F)F)nc2ccccc21)C12CC3CC(CC(C3)C1)C2. The van der Waals surface area contributed by atoms with E-state index in [0.717, 1.165) is 23.8 Å². The Labute approximate surface area is 149 Å². The van der Waals surface area contributed by atoms with Crippen LogP contribution in [0.15, 0.2) is 24.3 Å². The van der Waals surface area contributed by atoms with E-state index in [1.165, 1.54) is 19.3 Å². The van der Waals surface area contributed by atoms with Crippen LogP contribution in [0.1, 0.15) is 44.3 Å². The van der Waals surface area contributed by atoms with E-state index in [-0.39, 0.29) is 17.8 Å². The molecule has 2 aromatic rings. The lowest BCUT2D eigenvalue weighted by atomic mass is 9.48. The van der Waals surface area contributed by atoms with Crippen LogP contribution in [-0.2, 0) is 17.5 Å². The molecular formula is C20H21F3N2O. The van der Waals surface area contributed by atoms with Gasteiger partial charge in [-0.1, -0.05) is 12.1 Å². The molecule has 0 radical (unpaired) electrons. The van der Waals surface area contributed by atoms with E-state index in [0.29, 0.717) is 23.3 Å². The maximum atomic E-state index is 13.5. The highest BCUT2D eigenvalue weighted by Gasteiger charge is 2.54. The molecule has 1 heterocycles. The van der Waals surface area contributed by atoms with Crippen LogP contribution >= 0.6 is 0 Å². The first kappa shape index (κ1) is 16.3. The topological polar surface area (TPSA) is 34.9 Å². The monoisotopic (exact) mass is 362 g/mol. The number of hydrogen-bond donors (Lipinski definition) is 0. The molecule has 4 aliphatic carbocycles. The average Bonchev–Trinajstić information content (AvgIpc) is 2.93. The third-order valence-electron chi connectivity index (χ3n) is 6.84. The summed E-state index contributed by atoms with van der Waals surface area (Å²) in [6.07, 6.45) is 1.64. The number of aromatic nitrogens is 2. The van der Waals surface area contributed by atoms with Crippen molar-refractivity contribution in [2.75, 3.05) is 0 Å². The molecule has 0 saturated heterocycles. The van der Waals surface area contributed by atoms with Gasteiger partial charge in [-0.25, -0.2) is 4.98 Å². The van der Waals surface area contributed by atoms with Gasteiger partial charge in [0.25, 0.3) is 0 Å². The van der Waals surface area contributed by atoms with Gasteiger partial charge in [-0.05, 0) is 68.4 Å². The van der Waals surface area contributed by atoms with E-state index in [2.05, 4.69) is 4.98 Å². The zero-order valence-electron chi connectivity index (χ0n) is 14.4. The summed E-state index contributed by atoms with van der Waals surface area (Å²) in [5, 5.41) is 0. The van der Waals surface area contributed by atoms with Crippen molar-refractivity contribution in [2.24, 2.45) is 23.2 Å². The van der Waals surface area contributed by atoms with E-state index in [9.17, 15) is 18.0 Å². The molecule has 4 bridgehead atoms. The summed E-state index contributed by atoms with van der Waals surface area (Å²) in [6.45, 7) is -0.221. The van der Waals surface area contributed by atoms with E-state index >= 15 is 0 Å². The van der Waals surface area contributed by atoms with Gasteiger partial charge in [-0.2, -0.15) is 13.2 Å². The van der Waals surface area contributed by atoms with Crippen molar-refractivity contribution in [1.82, 2.24) is 9.55 Å². The average molecular weight is 362 g/mol. The summed E-state index contributed by atoms with van der Waals surface area (Å²) >= 11 is 0. The Kier molecular flexibility index (Phi) is 3.35. The molecule has 0 amide bonds. The van der Waals surface area contributed by atoms with Crippen LogP contribution in [-0.4, -0.2) is 15.3 Å². The number of fused-ring (bicyclic) bond motifs is 1. The van der Waals surface area contributed by atoms with Crippen LogP contribution in [0.5, 0.6) is 0 Å². The van der Waals surface area contributed by atoms with Crippen molar-refractivity contribution in [1.29, 1.82) is 0 Å².